The molecular weight excluding hydrogens is 486 g/mol. The first kappa shape index (κ1) is 29.9. The van der Waals surface area contributed by atoms with Gasteiger partial charge in [-0.2, -0.15) is 0 Å². The van der Waals surface area contributed by atoms with Crippen LogP contribution in [0, 0.1) is 34.6 Å². The average molecular weight is 532 g/mol. The van der Waals surface area contributed by atoms with E-state index in [0.29, 0.717) is 56.1 Å². The number of ether oxygens (including phenoxy) is 5. The van der Waals surface area contributed by atoms with Crippen molar-refractivity contribution in [3.8, 4) is 23.3 Å². The number of fused-ring (bicyclic) bond motifs is 2. The minimum absolute atomic E-state index is 0.129. The van der Waals surface area contributed by atoms with E-state index in [0.717, 1.165) is 5.71 Å². The van der Waals surface area contributed by atoms with E-state index >= 15 is 0 Å². The van der Waals surface area contributed by atoms with E-state index in [2.05, 4.69) is 76.9 Å². The lowest BCUT2D eigenvalue weighted by atomic mass is 9.65. The van der Waals surface area contributed by atoms with Gasteiger partial charge >= 0.3 is 0 Å². The molecule has 0 unspecified atom stereocenters. The van der Waals surface area contributed by atoms with E-state index in [1.807, 2.05) is 12.2 Å². The van der Waals surface area contributed by atoms with Crippen molar-refractivity contribution in [3.63, 3.8) is 0 Å². The molecule has 206 valence electrons. The summed E-state index contributed by atoms with van der Waals surface area (Å²) < 4.78 is 29.2. The lowest BCUT2D eigenvalue weighted by Crippen LogP contribution is -2.60. The van der Waals surface area contributed by atoms with Gasteiger partial charge in [0.05, 0.1) is 43.9 Å². The number of nitrogens with zero attached hydrogens (tertiary/aromatic N) is 1. The van der Waals surface area contributed by atoms with Crippen LogP contribution in [0.25, 0.3) is 0 Å². The molecule has 0 N–H and O–H groups in total. The van der Waals surface area contributed by atoms with E-state index in [-0.39, 0.29) is 18.8 Å². The summed E-state index contributed by atoms with van der Waals surface area (Å²) in [5.41, 5.74) is 5.68. The molecule has 2 heterocycles. The Bertz CT molecular complexity index is 925. The fourth-order valence-electron chi connectivity index (χ4n) is 6.37. The second kappa shape index (κ2) is 12.9. The SMILES string of the molecule is COCCOCO[C@@H]1[C@H]2CON=C2C2(C[C@@]1(C)C#C/C=C\C#C[Si](C(C)C)(C(C)C)C(C)C)OCCO2. The van der Waals surface area contributed by atoms with Gasteiger partial charge in [0.15, 0.2) is 0 Å². The molecule has 0 aromatic carbocycles. The fraction of sp³-hybridized carbons (Fsp3) is 0.759. The Labute approximate surface area is 224 Å². The summed E-state index contributed by atoms with van der Waals surface area (Å²) in [4.78, 5) is 5.50. The zero-order valence-electron chi connectivity index (χ0n) is 23.9. The van der Waals surface area contributed by atoms with Crippen LogP contribution in [0.3, 0.4) is 0 Å². The van der Waals surface area contributed by atoms with Crippen LogP contribution < -0.4 is 0 Å². The Morgan fingerprint density at radius 1 is 1.03 bits per heavy atom. The summed E-state index contributed by atoms with van der Waals surface area (Å²) in [5.74, 6) is 9.01. The molecule has 0 radical (unpaired) electrons. The number of rotatable bonds is 9. The zero-order valence-corrected chi connectivity index (χ0v) is 24.9. The maximum absolute atomic E-state index is 6.27. The third-order valence-corrected chi connectivity index (χ3v) is 14.3. The van der Waals surface area contributed by atoms with Crippen molar-refractivity contribution in [1.29, 1.82) is 0 Å². The summed E-state index contributed by atoms with van der Waals surface area (Å²) in [6.07, 6.45) is 3.95. The maximum Gasteiger partial charge on any atom is 0.213 e. The number of hydrogen-bond acceptors (Lipinski definition) is 7. The van der Waals surface area contributed by atoms with E-state index in [1.165, 1.54) is 0 Å². The van der Waals surface area contributed by atoms with Crippen molar-refractivity contribution in [2.45, 2.75) is 83.4 Å². The van der Waals surface area contributed by atoms with Crippen LogP contribution >= 0.6 is 0 Å². The monoisotopic (exact) mass is 531 g/mol. The summed E-state index contributed by atoms with van der Waals surface area (Å²) in [5, 5.41) is 4.30. The van der Waals surface area contributed by atoms with Crippen LogP contribution in [-0.2, 0) is 28.5 Å². The molecule has 0 bridgehead atoms. The van der Waals surface area contributed by atoms with E-state index < -0.39 is 19.3 Å². The molecule has 3 atom stereocenters. The van der Waals surface area contributed by atoms with Crippen LogP contribution in [0.1, 0.15) is 54.9 Å². The number of allylic oxidation sites excluding steroid dienone is 2. The Balaban J connectivity index is 1.83. The van der Waals surface area contributed by atoms with Gasteiger partial charge < -0.3 is 28.5 Å². The fourth-order valence-corrected chi connectivity index (χ4v) is 11.6. The van der Waals surface area contributed by atoms with Gasteiger partial charge in [-0.05, 0) is 35.7 Å². The highest BCUT2D eigenvalue weighted by atomic mass is 28.3. The summed E-state index contributed by atoms with van der Waals surface area (Å²) >= 11 is 0. The Kier molecular flexibility index (Phi) is 10.4. The Morgan fingerprint density at radius 2 is 1.68 bits per heavy atom. The van der Waals surface area contributed by atoms with Crippen molar-refractivity contribution in [3.05, 3.63) is 12.2 Å². The zero-order chi connectivity index (χ0) is 27.1. The summed E-state index contributed by atoms with van der Waals surface area (Å²) in [7, 11) is -0.126. The molecule has 3 aliphatic rings. The van der Waals surface area contributed by atoms with Crippen LogP contribution in [0.4, 0.5) is 0 Å². The molecule has 1 spiro atoms. The first-order valence-corrected chi connectivity index (χ1v) is 15.7. The highest BCUT2D eigenvalue weighted by molar-refractivity contribution is 6.90. The topological polar surface area (TPSA) is 67.7 Å². The van der Waals surface area contributed by atoms with Crippen molar-refractivity contribution >= 4 is 13.8 Å². The Morgan fingerprint density at radius 3 is 2.30 bits per heavy atom. The predicted octanol–water partition coefficient (Wildman–Crippen LogP) is 4.93. The van der Waals surface area contributed by atoms with Gasteiger partial charge in [0.25, 0.3) is 0 Å². The summed E-state index contributed by atoms with van der Waals surface area (Å²) in [6.45, 7) is 18.6. The second-order valence-electron chi connectivity index (χ2n) is 11.3. The van der Waals surface area contributed by atoms with Gasteiger partial charge in [0.1, 0.15) is 27.2 Å². The number of oxime groups is 1. The van der Waals surface area contributed by atoms with Gasteiger partial charge in [-0.15, -0.1) is 5.54 Å². The van der Waals surface area contributed by atoms with Crippen LogP contribution in [-0.4, -0.2) is 72.6 Å². The van der Waals surface area contributed by atoms with Crippen molar-refractivity contribution in [2.24, 2.45) is 16.5 Å². The third-order valence-electron chi connectivity index (χ3n) is 8.03. The molecule has 1 saturated heterocycles. The maximum atomic E-state index is 6.27. The molecule has 8 heteroatoms. The standard InChI is InChI=1S/C29H45NO6Si/c1-22(2)37(23(3)4,24(5)6)18-12-10-9-11-13-28(7)20-29(34-16-17-35-29)26-25(19-36-30-26)27(28)33-21-32-15-14-31-8/h9-10,22-25,27H,14-17,19-21H2,1-8H3/b10-9-/t25-,27+,28+/m0/s1. The van der Waals surface area contributed by atoms with Crippen molar-refractivity contribution < 1.29 is 28.5 Å². The molecule has 37 heavy (non-hydrogen) atoms. The molecule has 0 amide bonds. The molecule has 3 rings (SSSR count). The third kappa shape index (κ3) is 6.33. The Hall–Kier alpha value is -1.65. The first-order valence-electron chi connectivity index (χ1n) is 13.5. The quantitative estimate of drug-likeness (QED) is 0.182. The molecule has 2 aliphatic heterocycles. The van der Waals surface area contributed by atoms with Gasteiger partial charge in [-0.1, -0.05) is 64.5 Å². The molecule has 0 aromatic rings. The van der Waals surface area contributed by atoms with Gasteiger partial charge in [0.2, 0.25) is 5.79 Å². The number of hydrogen-bond donors (Lipinski definition) is 0. The van der Waals surface area contributed by atoms with Crippen molar-refractivity contribution in [1.82, 2.24) is 0 Å². The second-order valence-corrected chi connectivity index (χ2v) is 16.9. The van der Waals surface area contributed by atoms with Crippen LogP contribution in [0.5, 0.6) is 0 Å². The van der Waals surface area contributed by atoms with E-state index in [4.69, 9.17) is 28.5 Å². The smallest absolute Gasteiger partial charge is 0.213 e. The predicted molar refractivity (Wildman–Crippen MR) is 148 cm³/mol. The van der Waals surface area contributed by atoms with E-state index in [1.54, 1.807) is 7.11 Å². The van der Waals surface area contributed by atoms with Crippen molar-refractivity contribution in [2.75, 3.05) is 46.9 Å². The largest absolute Gasteiger partial charge is 0.395 e. The molecule has 1 aliphatic carbocycles. The normalized spacial score (nSPS) is 26.7. The van der Waals surface area contributed by atoms with Gasteiger partial charge in [0, 0.05) is 13.5 Å². The molecule has 2 fully saturated rings. The molecule has 1 saturated carbocycles. The minimum atomic E-state index is -1.77. The van der Waals surface area contributed by atoms with Crippen LogP contribution in [0.2, 0.25) is 16.6 Å². The minimum Gasteiger partial charge on any atom is -0.395 e. The lowest BCUT2D eigenvalue weighted by Gasteiger charge is -2.47. The van der Waals surface area contributed by atoms with Gasteiger partial charge in [-0.25, -0.2) is 0 Å². The molecule has 0 aromatic heterocycles. The average Bonchev–Trinajstić information content (AvgIpc) is 3.50. The summed E-state index contributed by atoms with van der Waals surface area (Å²) in [6, 6.07) is 0. The lowest BCUT2D eigenvalue weighted by molar-refractivity contribution is -0.185. The molecular formula is C29H45NO6Si. The molecule has 7 nitrogen and oxygen atoms in total. The first-order chi connectivity index (χ1) is 17.6. The van der Waals surface area contributed by atoms with E-state index in [9.17, 15) is 0 Å². The number of methoxy groups -OCH3 is 1. The van der Waals surface area contributed by atoms with Crippen LogP contribution in [0.15, 0.2) is 17.3 Å². The highest BCUT2D eigenvalue weighted by Gasteiger charge is 2.62. The van der Waals surface area contributed by atoms with Gasteiger partial charge in [-0.3, -0.25) is 0 Å². The highest BCUT2D eigenvalue weighted by Crippen LogP contribution is 2.49.